The van der Waals surface area contributed by atoms with Crippen molar-refractivity contribution in [3.8, 4) is 0 Å². The van der Waals surface area contributed by atoms with Crippen LogP contribution in [-0.2, 0) is 14.4 Å². The fourth-order valence-electron chi connectivity index (χ4n) is 2.98. The van der Waals surface area contributed by atoms with E-state index in [2.05, 4.69) is 12.6 Å². The van der Waals surface area contributed by atoms with Crippen LogP contribution in [0.4, 0.5) is 0 Å². The SMILES string of the molecule is O=C(CCS)C1CCCN2CCCC(C(=O)O)N2C1=O. The van der Waals surface area contributed by atoms with E-state index in [9.17, 15) is 19.5 Å². The van der Waals surface area contributed by atoms with Crippen LogP contribution in [0.5, 0.6) is 0 Å². The Balaban J connectivity index is 2.23. The summed E-state index contributed by atoms with van der Waals surface area (Å²) in [4.78, 5) is 36.0. The number of Topliss-reactive ketones (excluding diaryl/α,β-unsaturated/α-hetero) is 1. The molecule has 1 amide bonds. The van der Waals surface area contributed by atoms with Gasteiger partial charge in [-0.15, -0.1) is 0 Å². The van der Waals surface area contributed by atoms with Crippen molar-refractivity contribution < 1.29 is 19.5 Å². The van der Waals surface area contributed by atoms with E-state index in [0.29, 0.717) is 31.7 Å². The molecule has 0 spiro atoms. The lowest BCUT2D eigenvalue weighted by atomic mass is 9.95. The van der Waals surface area contributed by atoms with Gasteiger partial charge >= 0.3 is 5.97 Å². The van der Waals surface area contributed by atoms with Crippen LogP contribution < -0.4 is 0 Å². The Hall–Kier alpha value is -1.08. The summed E-state index contributed by atoms with van der Waals surface area (Å²) in [5, 5.41) is 12.4. The summed E-state index contributed by atoms with van der Waals surface area (Å²) in [5.41, 5.74) is 0. The molecule has 2 aliphatic rings. The second-order valence-electron chi connectivity index (χ2n) is 5.27. The molecule has 0 aliphatic carbocycles. The van der Waals surface area contributed by atoms with Crippen molar-refractivity contribution in [1.29, 1.82) is 0 Å². The number of nitrogens with zero attached hydrogens (tertiary/aromatic N) is 2. The Morgan fingerprint density at radius 1 is 1.25 bits per heavy atom. The third-order valence-electron chi connectivity index (χ3n) is 3.96. The maximum atomic E-state index is 12.6. The van der Waals surface area contributed by atoms with Gasteiger partial charge < -0.3 is 5.11 Å². The summed E-state index contributed by atoms with van der Waals surface area (Å²) in [6, 6.07) is -0.833. The molecular weight excluding hydrogens is 280 g/mol. The molecule has 2 aliphatic heterocycles. The highest BCUT2D eigenvalue weighted by atomic mass is 32.1. The number of aliphatic carboxylic acids is 1. The van der Waals surface area contributed by atoms with Crippen molar-refractivity contribution in [1.82, 2.24) is 10.0 Å². The van der Waals surface area contributed by atoms with E-state index in [-0.39, 0.29) is 18.1 Å². The molecule has 0 bridgehead atoms. The third kappa shape index (κ3) is 2.98. The van der Waals surface area contributed by atoms with Gasteiger partial charge in [0.05, 0.1) is 5.92 Å². The Labute approximate surface area is 123 Å². The van der Waals surface area contributed by atoms with Crippen molar-refractivity contribution in [2.24, 2.45) is 5.92 Å². The van der Waals surface area contributed by atoms with Crippen LogP contribution in [0.25, 0.3) is 0 Å². The molecule has 0 aromatic rings. The summed E-state index contributed by atoms with van der Waals surface area (Å²) in [7, 11) is 0. The minimum atomic E-state index is -0.995. The van der Waals surface area contributed by atoms with Gasteiger partial charge in [-0.25, -0.2) is 9.80 Å². The number of fused-ring (bicyclic) bond motifs is 1. The number of carbonyl (C=O) groups is 3. The molecule has 2 heterocycles. The van der Waals surface area contributed by atoms with Crippen LogP contribution in [0.15, 0.2) is 0 Å². The van der Waals surface area contributed by atoms with E-state index < -0.39 is 17.9 Å². The fourth-order valence-corrected chi connectivity index (χ4v) is 3.20. The highest BCUT2D eigenvalue weighted by Gasteiger charge is 2.43. The summed E-state index contributed by atoms with van der Waals surface area (Å²) in [6.45, 7) is 1.32. The first-order valence-electron chi connectivity index (χ1n) is 7.00. The van der Waals surface area contributed by atoms with E-state index in [1.54, 1.807) is 5.01 Å². The molecule has 2 rings (SSSR count). The second kappa shape index (κ2) is 6.58. The Kier molecular flexibility index (Phi) is 5.04. The molecule has 2 fully saturated rings. The van der Waals surface area contributed by atoms with Gasteiger partial charge in [0, 0.05) is 19.5 Å². The predicted octanol–water partition coefficient (Wildman–Crippen LogP) is 0.578. The number of hydrazine groups is 1. The van der Waals surface area contributed by atoms with Gasteiger partial charge in [-0.05, 0) is 31.4 Å². The average Bonchev–Trinajstić information content (AvgIpc) is 2.58. The average molecular weight is 300 g/mol. The molecule has 2 saturated heterocycles. The van der Waals surface area contributed by atoms with Crippen LogP contribution in [-0.4, -0.2) is 57.7 Å². The monoisotopic (exact) mass is 300 g/mol. The predicted molar refractivity (Wildman–Crippen MR) is 75.3 cm³/mol. The molecule has 112 valence electrons. The van der Waals surface area contributed by atoms with Gasteiger partial charge in [-0.3, -0.25) is 14.6 Å². The van der Waals surface area contributed by atoms with Crippen LogP contribution >= 0.6 is 12.6 Å². The topological polar surface area (TPSA) is 77.9 Å². The normalized spacial score (nSPS) is 27.9. The minimum Gasteiger partial charge on any atom is -0.480 e. The zero-order valence-electron chi connectivity index (χ0n) is 11.3. The lowest BCUT2D eigenvalue weighted by Crippen LogP contribution is -2.59. The number of thiol groups is 1. The smallest absolute Gasteiger partial charge is 0.328 e. The molecule has 0 aromatic carbocycles. The van der Waals surface area contributed by atoms with Crippen LogP contribution in [0.3, 0.4) is 0 Å². The van der Waals surface area contributed by atoms with Gasteiger partial charge in [0.15, 0.2) is 0 Å². The maximum absolute atomic E-state index is 12.6. The van der Waals surface area contributed by atoms with E-state index in [4.69, 9.17) is 0 Å². The van der Waals surface area contributed by atoms with Crippen LogP contribution in [0.2, 0.25) is 0 Å². The van der Waals surface area contributed by atoms with Crippen LogP contribution in [0, 0.1) is 5.92 Å². The lowest BCUT2D eigenvalue weighted by Gasteiger charge is -2.42. The number of carboxylic acid groups (broad SMARTS) is 1. The van der Waals surface area contributed by atoms with Gasteiger partial charge in [0.2, 0.25) is 5.91 Å². The van der Waals surface area contributed by atoms with Gasteiger partial charge in [0.1, 0.15) is 11.8 Å². The highest BCUT2D eigenvalue weighted by molar-refractivity contribution is 7.80. The summed E-state index contributed by atoms with van der Waals surface area (Å²) >= 11 is 4.03. The Morgan fingerprint density at radius 2 is 1.90 bits per heavy atom. The quantitative estimate of drug-likeness (QED) is 0.586. The second-order valence-corrected chi connectivity index (χ2v) is 5.71. The van der Waals surface area contributed by atoms with Crippen molar-refractivity contribution in [2.75, 3.05) is 18.8 Å². The zero-order chi connectivity index (χ0) is 14.7. The zero-order valence-corrected chi connectivity index (χ0v) is 12.2. The largest absolute Gasteiger partial charge is 0.480 e. The Morgan fingerprint density at radius 3 is 2.50 bits per heavy atom. The molecule has 0 radical (unpaired) electrons. The van der Waals surface area contributed by atoms with Crippen molar-refractivity contribution in [3.63, 3.8) is 0 Å². The van der Waals surface area contributed by atoms with E-state index in [1.165, 1.54) is 5.01 Å². The molecule has 7 heteroatoms. The molecule has 0 saturated carbocycles. The Bertz CT molecular complexity index is 415. The molecule has 1 N–H and O–H groups in total. The number of hydrogen-bond acceptors (Lipinski definition) is 5. The number of carboxylic acids is 1. The van der Waals surface area contributed by atoms with E-state index in [1.807, 2.05) is 0 Å². The molecule has 2 unspecified atom stereocenters. The van der Waals surface area contributed by atoms with Gasteiger partial charge in [-0.2, -0.15) is 12.6 Å². The molecule has 20 heavy (non-hydrogen) atoms. The van der Waals surface area contributed by atoms with Crippen LogP contribution in [0.1, 0.15) is 32.1 Å². The first-order chi connectivity index (χ1) is 9.56. The van der Waals surface area contributed by atoms with Crippen molar-refractivity contribution in [2.45, 2.75) is 38.1 Å². The van der Waals surface area contributed by atoms with E-state index >= 15 is 0 Å². The highest BCUT2D eigenvalue weighted by Crippen LogP contribution is 2.27. The van der Waals surface area contributed by atoms with E-state index in [0.717, 1.165) is 12.8 Å². The summed E-state index contributed by atoms with van der Waals surface area (Å²) in [5.74, 6) is -1.75. The summed E-state index contributed by atoms with van der Waals surface area (Å²) < 4.78 is 0. The molecule has 6 nitrogen and oxygen atoms in total. The fraction of sp³-hybridized carbons (Fsp3) is 0.769. The minimum absolute atomic E-state index is 0.124. The maximum Gasteiger partial charge on any atom is 0.328 e. The molecule has 2 atom stereocenters. The molecular formula is C13H20N2O4S. The van der Waals surface area contributed by atoms with Gasteiger partial charge in [-0.1, -0.05) is 0 Å². The third-order valence-corrected chi connectivity index (χ3v) is 4.18. The number of amides is 1. The lowest BCUT2D eigenvalue weighted by molar-refractivity contribution is -0.176. The standard InChI is InChI=1S/C13H20N2O4S/c16-11(5-8-20)9-3-1-6-14-7-2-4-10(13(18)19)15(14)12(9)17/h9-10,20H,1-8H2,(H,18,19). The molecule has 0 aromatic heterocycles. The first kappa shape index (κ1) is 15.3. The number of carbonyl (C=O) groups excluding carboxylic acids is 2. The van der Waals surface area contributed by atoms with Crippen molar-refractivity contribution in [3.05, 3.63) is 0 Å². The first-order valence-corrected chi connectivity index (χ1v) is 7.63. The van der Waals surface area contributed by atoms with Gasteiger partial charge in [0.25, 0.3) is 0 Å². The summed E-state index contributed by atoms with van der Waals surface area (Å²) in [6.07, 6.45) is 2.70. The van der Waals surface area contributed by atoms with Crippen molar-refractivity contribution >= 4 is 30.3 Å². The number of hydrogen-bond donors (Lipinski definition) is 2. The number of rotatable bonds is 4. The number of ketones is 1.